The number of alkyl halides is 2. The quantitative estimate of drug-likeness (QED) is 0.663. The van der Waals surface area contributed by atoms with Crippen LogP contribution in [0.1, 0.15) is 12.8 Å². The summed E-state index contributed by atoms with van der Waals surface area (Å²) < 4.78 is 48.9. The van der Waals surface area contributed by atoms with Crippen LogP contribution in [0.3, 0.4) is 0 Å². The van der Waals surface area contributed by atoms with E-state index in [4.69, 9.17) is 5.11 Å². The Bertz CT molecular complexity index is 318. The molecular formula is C9H18F2N2O3S. The molecule has 1 unspecified atom stereocenters. The van der Waals surface area contributed by atoms with Crippen LogP contribution in [-0.4, -0.2) is 62.3 Å². The average Bonchev–Trinajstić information content (AvgIpc) is 2.68. The fourth-order valence-corrected chi connectivity index (χ4v) is 3.57. The molecule has 2 N–H and O–H groups in total. The van der Waals surface area contributed by atoms with Gasteiger partial charge in [0.25, 0.3) is 6.43 Å². The van der Waals surface area contributed by atoms with Gasteiger partial charge in [0.2, 0.25) is 10.0 Å². The Morgan fingerprint density at radius 2 is 2.18 bits per heavy atom. The molecule has 1 saturated heterocycles. The number of nitrogens with zero attached hydrogens (tertiary/aromatic N) is 1. The van der Waals surface area contributed by atoms with E-state index < -0.39 is 29.6 Å². The monoisotopic (exact) mass is 272 g/mol. The highest BCUT2D eigenvalue weighted by molar-refractivity contribution is 7.89. The van der Waals surface area contributed by atoms with Crippen LogP contribution in [0.15, 0.2) is 0 Å². The van der Waals surface area contributed by atoms with Crippen LogP contribution in [0.2, 0.25) is 0 Å². The Labute approximate surface area is 99.8 Å². The third kappa shape index (κ3) is 4.82. The maximum Gasteiger partial charge on any atom is 0.252 e. The third-order valence-corrected chi connectivity index (χ3v) is 4.60. The van der Waals surface area contributed by atoms with Crippen molar-refractivity contribution in [3.05, 3.63) is 0 Å². The molecule has 0 spiro atoms. The van der Waals surface area contributed by atoms with E-state index in [1.54, 1.807) is 0 Å². The van der Waals surface area contributed by atoms with E-state index in [-0.39, 0.29) is 18.3 Å². The van der Waals surface area contributed by atoms with E-state index in [2.05, 4.69) is 5.32 Å². The summed E-state index contributed by atoms with van der Waals surface area (Å²) in [5.41, 5.74) is 0. The first-order valence-corrected chi connectivity index (χ1v) is 7.17. The van der Waals surface area contributed by atoms with Gasteiger partial charge in [-0.05, 0) is 19.4 Å². The van der Waals surface area contributed by atoms with Gasteiger partial charge in [-0.3, -0.25) is 0 Å². The Kier molecular flexibility index (Phi) is 5.71. The number of aliphatic hydroxyl groups excluding tert-OH is 1. The molecule has 0 amide bonds. The zero-order valence-corrected chi connectivity index (χ0v) is 10.3. The van der Waals surface area contributed by atoms with E-state index in [1.807, 2.05) is 0 Å². The highest BCUT2D eigenvalue weighted by atomic mass is 32.2. The average molecular weight is 272 g/mol. The Balaban J connectivity index is 2.62. The number of rotatable bonds is 7. The lowest BCUT2D eigenvalue weighted by atomic mass is 10.3. The molecule has 0 saturated carbocycles. The standard InChI is InChI=1S/C9H18F2N2O3S/c10-9(11)6-13(4-5-14)17(15,16)7-8-2-1-3-12-8/h8-9,12,14H,1-7H2. The first-order chi connectivity index (χ1) is 7.95. The summed E-state index contributed by atoms with van der Waals surface area (Å²) in [6, 6.07) is -0.168. The van der Waals surface area contributed by atoms with Gasteiger partial charge in [-0.25, -0.2) is 17.2 Å². The Morgan fingerprint density at radius 1 is 1.47 bits per heavy atom. The molecule has 8 heteroatoms. The summed E-state index contributed by atoms with van der Waals surface area (Å²) in [4.78, 5) is 0. The molecular weight excluding hydrogens is 254 g/mol. The predicted molar refractivity (Wildman–Crippen MR) is 59.5 cm³/mol. The van der Waals surface area contributed by atoms with Gasteiger partial charge in [0.1, 0.15) is 0 Å². The van der Waals surface area contributed by atoms with Crippen molar-refractivity contribution in [3.63, 3.8) is 0 Å². The van der Waals surface area contributed by atoms with Gasteiger partial charge < -0.3 is 10.4 Å². The van der Waals surface area contributed by atoms with Crippen molar-refractivity contribution in [2.75, 3.05) is 32.0 Å². The fraction of sp³-hybridized carbons (Fsp3) is 1.00. The molecule has 1 rings (SSSR count). The van der Waals surface area contributed by atoms with E-state index in [1.165, 1.54) is 0 Å². The summed E-state index contributed by atoms with van der Waals surface area (Å²) in [6.45, 7) is -0.825. The first kappa shape index (κ1) is 14.7. The van der Waals surface area contributed by atoms with E-state index in [9.17, 15) is 17.2 Å². The third-order valence-electron chi connectivity index (χ3n) is 2.66. The number of sulfonamides is 1. The van der Waals surface area contributed by atoms with Crippen LogP contribution in [-0.2, 0) is 10.0 Å². The second-order valence-electron chi connectivity index (χ2n) is 4.04. The second kappa shape index (κ2) is 6.58. The molecule has 5 nitrogen and oxygen atoms in total. The van der Waals surface area contributed by atoms with Crippen LogP contribution in [0.25, 0.3) is 0 Å². The SMILES string of the molecule is O=S(=O)(CC1CCCN1)N(CCO)CC(F)F. The van der Waals surface area contributed by atoms with Gasteiger partial charge in [0.15, 0.2) is 0 Å². The molecule has 0 aliphatic carbocycles. The van der Waals surface area contributed by atoms with Gasteiger partial charge in [-0.15, -0.1) is 0 Å². The summed E-state index contributed by atoms with van der Waals surface area (Å²) in [5, 5.41) is 11.7. The molecule has 1 aliphatic heterocycles. The van der Waals surface area contributed by atoms with Crippen molar-refractivity contribution >= 4 is 10.0 Å². The number of hydrogen-bond acceptors (Lipinski definition) is 4. The van der Waals surface area contributed by atoms with Crippen molar-refractivity contribution in [3.8, 4) is 0 Å². The van der Waals surface area contributed by atoms with Crippen molar-refractivity contribution < 1.29 is 22.3 Å². The Morgan fingerprint density at radius 3 is 2.65 bits per heavy atom. The van der Waals surface area contributed by atoms with Crippen LogP contribution >= 0.6 is 0 Å². The maximum atomic E-state index is 12.2. The first-order valence-electron chi connectivity index (χ1n) is 5.56. The molecule has 1 fully saturated rings. The molecule has 0 aromatic carbocycles. The zero-order valence-electron chi connectivity index (χ0n) is 9.48. The normalized spacial score (nSPS) is 21.6. The lowest BCUT2D eigenvalue weighted by Gasteiger charge is -2.22. The van der Waals surface area contributed by atoms with Gasteiger partial charge in [-0.1, -0.05) is 0 Å². The summed E-state index contributed by atoms with van der Waals surface area (Å²) in [5.74, 6) is -0.181. The highest BCUT2D eigenvalue weighted by Crippen LogP contribution is 2.12. The molecule has 0 aromatic heterocycles. The van der Waals surface area contributed by atoms with E-state index in [0.717, 1.165) is 19.4 Å². The summed E-state index contributed by atoms with van der Waals surface area (Å²) in [6.07, 6.45) is -1.09. The second-order valence-corrected chi connectivity index (χ2v) is 6.06. The van der Waals surface area contributed by atoms with Crippen LogP contribution < -0.4 is 5.32 Å². The number of hydrogen-bond donors (Lipinski definition) is 2. The smallest absolute Gasteiger partial charge is 0.252 e. The summed E-state index contributed by atoms with van der Waals surface area (Å²) in [7, 11) is -3.73. The number of halogens is 2. The zero-order chi connectivity index (χ0) is 12.9. The molecule has 1 aliphatic rings. The van der Waals surface area contributed by atoms with Gasteiger partial charge in [0, 0.05) is 12.6 Å². The van der Waals surface area contributed by atoms with E-state index in [0.29, 0.717) is 4.31 Å². The van der Waals surface area contributed by atoms with Crippen molar-refractivity contribution in [2.24, 2.45) is 0 Å². The topological polar surface area (TPSA) is 69.6 Å². The minimum Gasteiger partial charge on any atom is -0.395 e. The largest absolute Gasteiger partial charge is 0.395 e. The molecule has 1 atom stereocenters. The van der Waals surface area contributed by atoms with Crippen molar-refractivity contribution in [1.82, 2.24) is 9.62 Å². The minimum atomic E-state index is -3.73. The van der Waals surface area contributed by atoms with Crippen LogP contribution in [0, 0.1) is 0 Å². The highest BCUT2D eigenvalue weighted by Gasteiger charge is 2.29. The summed E-state index contributed by atoms with van der Waals surface area (Å²) >= 11 is 0. The molecule has 0 radical (unpaired) electrons. The van der Waals surface area contributed by atoms with Crippen molar-refractivity contribution in [2.45, 2.75) is 25.3 Å². The molecule has 17 heavy (non-hydrogen) atoms. The van der Waals surface area contributed by atoms with Gasteiger partial charge in [0.05, 0.1) is 18.9 Å². The molecule has 102 valence electrons. The molecule has 1 heterocycles. The number of nitrogens with one attached hydrogen (secondary N) is 1. The Hall–Kier alpha value is -0.310. The van der Waals surface area contributed by atoms with Gasteiger partial charge >= 0.3 is 0 Å². The lowest BCUT2D eigenvalue weighted by Crippen LogP contribution is -2.43. The maximum absolute atomic E-state index is 12.2. The minimum absolute atomic E-state index is 0.168. The predicted octanol–water partition coefficient (Wildman–Crippen LogP) is -0.372. The molecule has 0 bridgehead atoms. The van der Waals surface area contributed by atoms with Gasteiger partial charge in [-0.2, -0.15) is 4.31 Å². The number of aliphatic hydroxyl groups is 1. The fourth-order valence-electron chi connectivity index (χ4n) is 1.87. The van der Waals surface area contributed by atoms with Crippen LogP contribution in [0.5, 0.6) is 0 Å². The van der Waals surface area contributed by atoms with Crippen molar-refractivity contribution in [1.29, 1.82) is 0 Å². The molecule has 0 aromatic rings. The lowest BCUT2D eigenvalue weighted by molar-refractivity contribution is 0.113. The van der Waals surface area contributed by atoms with Crippen LogP contribution in [0.4, 0.5) is 8.78 Å². The van der Waals surface area contributed by atoms with E-state index >= 15 is 0 Å².